The van der Waals surface area contributed by atoms with Crippen LogP contribution >= 0.6 is 0 Å². The van der Waals surface area contributed by atoms with Gasteiger partial charge in [-0.25, -0.2) is 9.18 Å². The Balaban J connectivity index is 1.96. The average Bonchev–Trinajstić information content (AvgIpc) is 2.33. The molecule has 0 aliphatic heterocycles. The summed E-state index contributed by atoms with van der Waals surface area (Å²) in [6.07, 6.45) is 1.91. The molecule has 0 spiro atoms. The first-order valence-corrected chi connectivity index (χ1v) is 6.73. The minimum Gasteiger partial charge on any atom is -0.480 e. The minimum absolute atomic E-state index is 0.151. The van der Waals surface area contributed by atoms with E-state index in [1.54, 1.807) is 12.1 Å². The number of benzene rings is 1. The Bertz CT molecular complexity index is 526. The number of carboxylic acid groups (broad SMARTS) is 1. The van der Waals surface area contributed by atoms with Crippen molar-refractivity contribution in [3.63, 3.8) is 0 Å². The fourth-order valence-electron chi connectivity index (χ4n) is 2.45. The monoisotopic (exact) mass is 279 g/mol. The third-order valence-electron chi connectivity index (χ3n) is 3.90. The Kier molecular flexibility index (Phi) is 4.06. The van der Waals surface area contributed by atoms with Crippen LogP contribution in [0.25, 0.3) is 0 Å². The quantitative estimate of drug-likeness (QED) is 0.870. The molecule has 0 bridgehead atoms. The molecule has 4 nitrogen and oxygen atoms in total. The predicted octanol–water partition coefficient (Wildman–Crippen LogP) is 2.44. The molecule has 0 radical (unpaired) electrons. The fourth-order valence-corrected chi connectivity index (χ4v) is 2.45. The van der Waals surface area contributed by atoms with Crippen LogP contribution in [0.5, 0.6) is 0 Å². The van der Waals surface area contributed by atoms with E-state index >= 15 is 0 Å². The van der Waals surface area contributed by atoms with E-state index in [-0.39, 0.29) is 24.1 Å². The molecule has 1 aliphatic rings. The molecule has 1 amide bonds. The Hall–Kier alpha value is -1.91. The van der Waals surface area contributed by atoms with Crippen molar-refractivity contribution < 1.29 is 19.1 Å². The van der Waals surface area contributed by atoms with Gasteiger partial charge in [-0.15, -0.1) is 0 Å². The first-order chi connectivity index (χ1) is 9.43. The highest BCUT2D eigenvalue weighted by atomic mass is 19.1. The summed E-state index contributed by atoms with van der Waals surface area (Å²) in [6.45, 7) is 1.82. The van der Waals surface area contributed by atoms with Crippen molar-refractivity contribution in [2.75, 3.05) is 0 Å². The van der Waals surface area contributed by atoms with Crippen molar-refractivity contribution in [2.24, 2.45) is 0 Å². The van der Waals surface area contributed by atoms with Crippen LogP contribution in [-0.2, 0) is 9.59 Å². The lowest BCUT2D eigenvalue weighted by molar-refractivity contribution is -0.151. The standard InChI is InChI=1S/C15H18FNO3/c1-10(11-4-2-5-12(16)9-11)8-13(18)17-15(14(19)20)6-3-7-15/h2,4-5,9-10H,3,6-8H2,1H3,(H,17,18)(H,19,20). The third-order valence-corrected chi connectivity index (χ3v) is 3.90. The number of amides is 1. The van der Waals surface area contributed by atoms with Crippen LogP contribution in [0.15, 0.2) is 24.3 Å². The average molecular weight is 279 g/mol. The van der Waals surface area contributed by atoms with Gasteiger partial charge in [-0.2, -0.15) is 0 Å². The highest BCUT2D eigenvalue weighted by Crippen LogP contribution is 2.32. The topological polar surface area (TPSA) is 66.4 Å². The van der Waals surface area contributed by atoms with E-state index in [1.165, 1.54) is 12.1 Å². The number of halogens is 1. The molecule has 1 aromatic carbocycles. The molecule has 2 rings (SSSR count). The number of carboxylic acids is 1. The summed E-state index contributed by atoms with van der Waals surface area (Å²) in [5.41, 5.74) is -0.350. The predicted molar refractivity (Wildman–Crippen MR) is 71.8 cm³/mol. The van der Waals surface area contributed by atoms with Gasteiger partial charge in [-0.3, -0.25) is 4.79 Å². The van der Waals surface area contributed by atoms with Crippen molar-refractivity contribution in [1.82, 2.24) is 5.32 Å². The summed E-state index contributed by atoms with van der Waals surface area (Å²) < 4.78 is 13.1. The number of aliphatic carboxylic acids is 1. The lowest BCUT2D eigenvalue weighted by Crippen LogP contribution is -2.59. The zero-order valence-corrected chi connectivity index (χ0v) is 11.4. The van der Waals surface area contributed by atoms with E-state index in [2.05, 4.69) is 5.32 Å². The minimum atomic E-state index is -1.08. The molecular formula is C15H18FNO3. The van der Waals surface area contributed by atoms with E-state index in [9.17, 15) is 14.0 Å². The summed E-state index contributed by atoms with van der Waals surface area (Å²) in [5.74, 6) is -1.77. The van der Waals surface area contributed by atoms with Crippen LogP contribution in [-0.4, -0.2) is 22.5 Å². The normalized spacial score (nSPS) is 17.9. The van der Waals surface area contributed by atoms with Crippen molar-refractivity contribution in [3.05, 3.63) is 35.6 Å². The zero-order chi connectivity index (χ0) is 14.8. The summed E-state index contributed by atoms with van der Waals surface area (Å²) in [7, 11) is 0. The largest absolute Gasteiger partial charge is 0.480 e. The van der Waals surface area contributed by atoms with Gasteiger partial charge in [0.05, 0.1) is 0 Å². The van der Waals surface area contributed by atoms with Gasteiger partial charge in [0.25, 0.3) is 0 Å². The van der Waals surface area contributed by atoms with Gasteiger partial charge >= 0.3 is 5.97 Å². The molecular weight excluding hydrogens is 261 g/mol. The molecule has 1 atom stereocenters. The molecule has 108 valence electrons. The molecule has 0 heterocycles. The highest BCUT2D eigenvalue weighted by molar-refractivity contribution is 5.88. The molecule has 1 fully saturated rings. The van der Waals surface area contributed by atoms with E-state index in [0.717, 1.165) is 12.0 Å². The van der Waals surface area contributed by atoms with Crippen molar-refractivity contribution in [2.45, 2.75) is 44.1 Å². The molecule has 2 N–H and O–H groups in total. The first kappa shape index (κ1) is 14.5. The number of hydrogen-bond donors (Lipinski definition) is 2. The maximum absolute atomic E-state index is 13.1. The van der Waals surface area contributed by atoms with Crippen molar-refractivity contribution in [1.29, 1.82) is 0 Å². The molecule has 0 aromatic heterocycles. The Morgan fingerprint density at radius 3 is 2.65 bits per heavy atom. The first-order valence-electron chi connectivity index (χ1n) is 6.73. The number of carbonyl (C=O) groups is 2. The lowest BCUT2D eigenvalue weighted by atomic mass is 9.76. The van der Waals surface area contributed by atoms with Crippen LogP contribution in [0.4, 0.5) is 4.39 Å². The Morgan fingerprint density at radius 2 is 2.15 bits per heavy atom. The molecule has 1 aliphatic carbocycles. The van der Waals surface area contributed by atoms with Gasteiger partial charge in [-0.1, -0.05) is 19.1 Å². The van der Waals surface area contributed by atoms with E-state index in [0.29, 0.717) is 12.8 Å². The summed E-state index contributed by atoms with van der Waals surface area (Å²) >= 11 is 0. The zero-order valence-electron chi connectivity index (χ0n) is 11.4. The Labute approximate surface area is 117 Å². The van der Waals surface area contributed by atoms with E-state index in [4.69, 9.17) is 5.11 Å². The van der Waals surface area contributed by atoms with Crippen LogP contribution in [0, 0.1) is 5.82 Å². The van der Waals surface area contributed by atoms with Crippen molar-refractivity contribution in [3.8, 4) is 0 Å². The summed E-state index contributed by atoms with van der Waals surface area (Å²) in [5, 5.41) is 11.8. The number of nitrogens with one attached hydrogen (secondary N) is 1. The number of carbonyl (C=O) groups excluding carboxylic acids is 1. The second-order valence-electron chi connectivity index (χ2n) is 5.45. The molecule has 1 unspecified atom stereocenters. The van der Waals surface area contributed by atoms with Crippen molar-refractivity contribution >= 4 is 11.9 Å². The highest BCUT2D eigenvalue weighted by Gasteiger charge is 2.45. The second-order valence-corrected chi connectivity index (χ2v) is 5.45. The number of rotatable bonds is 5. The molecule has 1 aromatic rings. The van der Waals surface area contributed by atoms with Crippen LogP contribution < -0.4 is 5.32 Å². The maximum atomic E-state index is 13.1. The molecule has 1 saturated carbocycles. The SMILES string of the molecule is CC(CC(=O)NC1(C(=O)O)CCC1)c1cccc(F)c1. The maximum Gasteiger partial charge on any atom is 0.329 e. The summed E-state index contributed by atoms with van der Waals surface area (Å²) in [6, 6.07) is 6.11. The molecule has 5 heteroatoms. The molecule has 20 heavy (non-hydrogen) atoms. The molecule has 0 saturated heterocycles. The van der Waals surface area contributed by atoms with Gasteiger partial charge in [0.1, 0.15) is 11.4 Å². The number of hydrogen-bond acceptors (Lipinski definition) is 2. The van der Waals surface area contributed by atoms with Gasteiger partial charge in [0.2, 0.25) is 5.91 Å². The van der Waals surface area contributed by atoms with E-state index in [1.807, 2.05) is 6.92 Å². The van der Waals surface area contributed by atoms with Crippen LogP contribution in [0.2, 0.25) is 0 Å². The van der Waals surface area contributed by atoms with Gasteiger partial charge in [0, 0.05) is 6.42 Å². The van der Waals surface area contributed by atoms with Gasteiger partial charge in [0.15, 0.2) is 0 Å². The van der Waals surface area contributed by atoms with Gasteiger partial charge < -0.3 is 10.4 Å². The van der Waals surface area contributed by atoms with Gasteiger partial charge in [-0.05, 0) is 42.9 Å². The summed E-state index contributed by atoms with van der Waals surface area (Å²) in [4.78, 5) is 23.1. The smallest absolute Gasteiger partial charge is 0.329 e. The Morgan fingerprint density at radius 1 is 1.45 bits per heavy atom. The fraction of sp³-hybridized carbons (Fsp3) is 0.467. The second kappa shape index (κ2) is 5.61. The van der Waals surface area contributed by atoms with Crippen LogP contribution in [0.1, 0.15) is 44.1 Å². The van der Waals surface area contributed by atoms with E-state index < -0.39 is 11.5 Å². The lowest BCUT2D eigenvalue weighted by Gasteiger charge is -2.38. The van der Waals surface area contributed by atoms with Crippen LogP contribution in [0.3, 0.4) is 0 Å². The third kappa shape index (κ3) is 2.98.